The quantitative estimate of drug-likeness (QED) is 0.782. The van der Waals surface area contributed by atoms with E-state index in [0.717, 1.165) is 0 Å². The van der Waals surface area contributed by atoms with Gasteiger partial charge in [-0.15, -0.1) is 0 Å². The topological polar surface area (TPSA) is 32.5 Å². The predicted octanol–water partition coefficient (Wildman–Crippen LogP) is 1.14. The molecule has 0 saturated carbocycles. The van der Waals surface area contributed by atoms with Crippen LogP contribution in [0, 0.1) is 5.41 Å². The first-order valence-electron chi connectivity index (χ1n) is 6.68. The molecule has 0 spiro atoms. The molecular weight excluding hydrogens is 198 g/mol. The van der Waals surface area contributed by atoms with E-state index in [-0.39, 0.29) is 0 Å². The van der Waals surface area contributed by atoms with E-state index in [1.54, 1.807) is 0 Å². The van der Waals surface area contributed by atoms with Crippen LogP contribution in [0.5, 0.6) is 0 Å². The van der Waals surface area contributed by atoms with Crippen LogP contribution in [-0.2, 0) is 0 Å². The molecule has 3 heterocycles. The minimum absolute atomic E-state index is 0.363. The Morgan fingerprint density at radius 2 is 1.81 bits per heavy atom. The third kappa shape index (κ3) is 2.96. The summed E-state index contributed by atoms with van der Waals surface area (Å²) < 4.78 is 0. The van der Waals surface area contributed by atoms with Gasteiger partial charge in [-0.3, -0.25) is 9.80 Å². The van der Waals surface area contributed by atoms with Gasteiger partial charge in [-0.1, -0.05) is 20.8 Å². The highest BCUT2D eigenvalue weighted by Gasteiger charge is 2.35. The molecule has 0 aromatic heterocycles. The van der Waals surface area contributed by atoms with Gasteiger partial charge in [0.1, 0.15) is 0 Å². The minimum atomic E-state index is 0.363. The molecule has 2 N–H and O–H groups in total. The number of hydrogen-bond donors (Lipinski definition) is 1. The maximum atomic E-state index is 6.37. The van der Waals surface area contributed by atoms with Crippen LogP contribution in [0.25, 0.3) is 0 Å². The Morgan fingerprint density at radius 3 is 2.25 bits per heavy atom. The summed E-state index contributed by atoms with van der Waals surface area (Å²) in [5.41, 5.74) is 6.79. The summed E-state index contributed by atoms with van der Waals surface area (Å²) >= 11 is 0. The van der Waals surface area contributed by atoms with Crippen molar-refractivity contribution in [2.45, 2.75) is 45.7 Å². The zero-order valence-electron chi connectivity index (χ0n) is 11.1. The molecule has 3 aliphatic heterocycles. The highest BCUT2D eigenvalue weighted by molar-refractivity contribution is 4.93. The van der Waals surface area contributed by atoms with Crippen molar-refractivity contribution < 1.29 is 0 Å². The number of hydrogen-bond acceptors (Lipinski definition) is 3. The number of piperazine rings is 3. The fraction of sp³-hybridized carbons (Fsp3) is 1.00. The van der Waals surface area contributed by atoms with Crippen LogP contribution in [0.3, 0.4) is 0 Å². The molecule has 3 aliphatic rings. The van der Waals surface area contributed by atoms with Gasteiger partial charge in [-0.25, -0.2) is 0 Å². The molecule has 0 aliphatic carbocycles. The molecule has 2 unspecified atom stereocenters. The van der Waals surface area contributed by atoms with Crippen molar-refractivity contribution in [1.82, 2.24) is 9.80 Å². The summed E-state index contributed by atoms with van der Waals surface area (Å²) in [4.78, 5) is 5.18. The maximum absolute atomic E-state index is 6.37. The first kappa shape index (κ1) is 12.3. The van der Waals surface area contributed by atoms with E-state index in [9.17, 15) is 0 Å². The minimum Gasteiger partial charge on any atom is -0.326 e. The van der Waals surface area contributed by atoms with Gasteiger partial charge in [0.05, 0.1) is 0 Å². The van der Waals surface area contributed by atoms with Crippen molar-refractivity contribution in [2.75, 3.05) is 32.7 Å². The largest absolute Gasteiger partial charge is 0.326 e. The second-order valence-corrected chi connectivity index (χ2v) is 6.67. The number of nitrogens with zero attached hydrogens (tertiary/aromatic N) is 2. The highest BCUT2D eigenvalue weighted by atomic mass is 15.3. The first-order valence-corrected chi connectivity index (χ1v) is 6.68. The molecular formula is C13H27N3. The summed E-state index contributed by atoms with van der Waals surface area (Å²) in [6.45, 7) is 13.1. The van der Waals surface area contributed by atoms with Gasteiger partial charge in [0, 0.05) is 44.8 Å². The first-order chi connectivity index (χ1) is 7.46. The van der Waals surface area contributed by atoms with Crippen molar-refractivity contribution in [3.63, 3.8) is 0 Å². The SMILES string of the molecule is CC(C)(C)CCC(N)C1CN2CCN1CC2. The zero-order chi connectivity index (χ0) is 11.8. The van der Waals surface area contributed by atoms with Crippen LogP contribution in [0.15, 0.2) is 0 Å². The Bertz CT molecular complexity index is 226. The van der Waals surface area contributed by atoms with Crippen molar-refractivity contribution >= 4 is 0 Å². The van der Waals surface area contributed by atoms with E-state index in [1.807, 2.05) is 0 Å². The monoisotopic (exact) mass is 225 g/mol. The molecule has 16 heavy (non-hydrogen) atoms. The van der Waals surface area contributed by atoms with Crippen molar-refractivity contribution in [2.24, 2.45) is 11.1 Å². The standard InChI is InChI=1S/C13H27N3/c1-13(2,3)5-4-11(14)12-10-15-6-8-16(12)9-7-15/h11-12H,4-10,14H2,1-3H3. The number of rotatable bonds is 3. The lowest BCUT2D eigenvalue weighted by molar-refractivity contribution is 0.000136. The molecule has 3 rings (SSSR count). The van der Waals surface area contributed by atoms with Gasteiger partial charge >= 0.3 is 0 Å². The van der Waals surface area contributed by atoms with Crippen LogP contribution >= 0.6 is 0 Å². The van der Waals surface area contributed by atoms with Crippen molar-refractivity contribution in [3.05, 3.63) is 0 Å². The molecule has 94 valence electrons. The summed E-state index contributed by atoms with van der Waals surface area (Å²) in [6, 6.07) is 0.979. The van der Waals surface area contributed by atoms with Gasteiger partial charge in [0.25, 0.3) is 0 Å². The van der Waals surface area contributed by atoms with E-state index in [4.69, 9.17) is 5.73 Å². The maximum Gasteiger partial charge on any atom is 0.0375 e. The van der Waals surface area contributed by atoms with E-state index < -0.39 is 0 Å². The zero-order valence-corrected chi connectivity index (χ0v) is 11.1. The second-order valence-electron chi connectivity index (χ2n) is 6.67. The summed E-state index contributed by atoms with van der Waals surface area (Å²) in [5.74, 6) is 0. The highest BCUT2D eigenvalue weighted by Crippen LogP contribution is 2.25. The molecule has 3 fully saturated rings. The fourth-order valence-corrected chi connectivity index (χ4v) is 2.86. The Balaban J connectivity index is 1.83. The molecule has 2 bridgehead atoms. The van der Waals surface area contributed by atoms with Crippen LogP contribution in [-0.4, -0.2) is 54.6 Å². The fourth-order valence-electron chi connectivity index (χ4n) is 2.86. The van der Waals surface area contributed by atoms with Crippen LogP contribution in [0.4, 0.5) is 0 Å². The Labute approximate surface area is 100.0 Å². The van der Waals surface area contributed by atoms with E-state index in [2.05, 4.69) is 30.6 Å². The molecule has 0 radical (unpaired) electrons. The van der Waals surface area contributed by atoms with Crippen molar-refractivity contribution in [3.8, 4) is 0 Å². The van der Waals surface area contributed by atoms with Crippen LogP contribution in [0.1, 0.15) is 33.6 Å². The lowest BCUT2D eigenvalue weighted by atomic mass is 9.86. The Hall–Kier alpha value is -0.120. The molecule has 2 atom stereocenters. The van der Waals surface area contributed by atoms with E-state index >= 15 is 0 Å². The summed E-state index contributed by atoms with van der Waals surface area (Å²) in [7, 11) is 0. The normalized spacial score (nSPS) is 36.4. The summed E-state index contributed by atoms with van der Waals surface area (Å²) in [5, 5.41) is 0. The van der Waals surface area contributed by atoms with Gasteiger partial charge < -0.3 is 5.73 Å². The lowest BCUT2D eigenvalue weighted by Crippen LogP contribution is -2.65. The summed E-state index contributed by atoms with van der Waals surface area (Å²) in [6.07, 6.45) is 2.40. The molecule has 3 saturated heterocycles. The third-order valence-electron chi connectivity index (χ3n) is 4.04. The Morgan fingerprint density at radius 1 is 1.19 bits per heavy atom. The third-order valence-corrected chi connectivity index (χ3v) is 4.04. The predicted molar refractivity (Wildman–Crippen MR) is 68.5 cm³/mol. The van der Waals surface area contributed by atoms with Gasteiger partial charge in [-0.2, -0.15) is 0 Å². The average molecular weight is 225 g/mol. The smallest absolute Gasteiger partial charge is 0.0375 e. The average Bonchev–Trinajstić information content (AvgIpc) is 2.26. The second kappa shape index (κ2) is 4.63. The molecule has 0 amide bonds. The number of nitrogens with two attached hydrogens (primary N) is 1. The van der Waals surface area contributed by atoms with Crippen LogP contribution < -0.4 is 5.73 Å². The van der Waals surface area contributed by atoms with E-state index in [1.165, 1.54) is 45.6 Å². The van der Waals surface area contributed by atoms with E-state index in [0.29, 0.717) is 17.5 Å². The number of fused-ring (bicyclic) bond motifs is 3. The van der Waals surface area contributed by atoms with Gasteiger partial charge in [0.2, 0.25) is 0 Å². The van der Waals surface area contributed by atoms with Crippen LogP contribution in [0.2, 0.25) is 0 Å². The van der Waals surface area contributed by atoms with Gasteiger partial charge in [0.15, 0.2) is 0 Å². The molecule has 3 heteroatoms. The van der Waals surface area contributed by atoms with Gasteiger partial charge in [-0.05, 0) is 18.3 Å². The lowest BCUT2D eigenvalue weighted by Gasteiger charge is -2.49. The molecule has 0 aromatic rings. The Kier molecular flexibility index (Phi) is 3.57. The van der Waals surface area contributed by atoms with Crippen molar-refractivity contribution in [1.29, 1.82) is 0 Å². The molecule has 3 nitrogen and oxygen atoms in total. The molecule has 0 aromatic carbocycles.